The lowest BCUT2D eigenvalue weighted by Crippen LogP contribution is -2.47. The third kappa shape index (κ3) is 3.61. The molecule has 6 heteroatoms. The molecule has 0 atom stereocenters. The molecular weight excluding hydrogens is 436 g/mol. The Bertz CT molecular complexity index is 1250. The van der Waals surface area contributed by atoms with Gasteiger partial charge in [-0.05, 0) is 85.7 Å². The number of amides is 1. The summed E-state index contributed by atoms with van der Waals surface area (Å²) in [5.74, 6) is 0.587. The maximum absolute atomic E-state index is 13.7. The molecule has 1 aromatic carbocycles. The van der Waals surface area contributed by atoms with Gasteiger partial charge in [-0.3, -0.25) is 9.59 Å². The van der Waals surface area contributed by atoms with Crippen LogP contribution in [-0.4, -0.2) is 53.8 Å². The lowest BCUT2D eigenvalue weighted by atomic mass is 9.69. The van der Waals surface area contributed by atoms with E-state index in [2.05, 4.69) is 29.7 Å². The zero-order chi connectivity index (χ0) is 24.3. The maximum Gasteiger partial charge on any atom is 0.248 e. The SMILES string of the molecule is CC1(C)C2=C(C(=O)c3cnc(N4CCC(N5CCCCC5)CC4)cc31)c1ccc(C(N)=O)cc1C2. The van der Waals surface area contributed by atoms with Crippen LogP contribution in [0.2, 0.25) is 0 Å². The van der Waals surface area contributed by atoms with Gasteiger partial charge in [0.1, 0.15) is 5.82 Å². The fourth-order valence-electron chi connectivity index (χ4n) is 6.73. The van der Waals surface area contributed by atoms with Gasteiger partial charge in [0.05, 0.1) is 0 Å². The minimum Gasteiger partial charge on any atom is -0.366 e. The molecule has 0 saturated carbocycles. The van der Waals surface area contributed by atoms with Gasteiger partial charge in [-0.1, -0.05) is 26.3 Å². The Morgan fingerprint density at radius 1 is 1.03 bits per heavy atom. The molecule has 1 aromatic heterocycles. The Kier molecular flexibility index (Phi) is 5.33. The minimum atomic E-state index is -0.440. The first-order chi connectivity index (χ1) is 16.8. The quantitative estimate of drug-likeness (QED) is 0.730. The first-order valence-electron chi connectivity index (χ1n) is 13.1. The number of nitrogens with zero attached hydrogens (tertiary/aromatic N) is 3. The number of carbonyl (C=O) groups is 2. The van der Waals surface area contributed by atoms with Gasteiger partial charge >= 0.3 is 0 Å². The number of benzene rings is 1. The van der Waals surface area contributed by atoms with Gasteiger partial charge in [0.2, 0.25) is 5.91 Å². The zero-order valence-corrected chi connectivity index (χ0v) is 20.8. The lowest BCUT2D eigenvalue weighted by molar-refractivity contribution is 0.0999. The molecule has 2 N–H and O–H groups in total. The number of primary amides is 1. The van der Waals surface area contributed by atoms with Crippen molar-refractivity contribution in [1.29, 1.82) is 0 Å². The first-order valence-corrected chi connectivity index (χ1v) is 13.1. The molecule has 0 unspecified atom stereocenters. The number of likely N-dealkylation sites (tertiary alicyclic amines) is 1. The molecule has 2 fully saturated rings. The summed E-state index contributed by atoms with van der Waals surface area (Å²) >= 11 is 0. The van der Waals surface area contributed by atoms with Crippen LogP contribution >= 0.6 is 0 Å². The summed E-state index contributed by atoms with van der Waals surface area (Å²) in [6, 6.07) is 8.31. The van der Waals surface area contributed by atoms with E-state index in [-0.39, 0.29) is 11.2 Å². The summed E-state index contributed by atoms with van der Waals surface area (Å²) in [7, 11) is 0. The van der Waals surface area contributed by atoms with Crippen LogP contribution in [0.3, 0.4) is 0 Å². The second-order valence-electron chi connectivity index (χ2n) is 11.1. The number of ketones is 1. The molecule has 1 amide bonds. The number of allylic oxidation sites excluding steroid dienone is 2. The van der Waals surface area contributed by atoms with Crippen molar-refractivity contribution in [1.82, 2.24) is 9.88 Å². The molecule has 4 aliphatic rings. The molecule has 0 radical (unpaired) electrons. The van der Waals surface area contributed by atoms with Crippen molar-refractivity contribution in [3.63, 3.8) is 0 Å². The van der Waals surface area contributed by atoms with E-state index in [9.17, 15) is 9.59 Å². The van der Waals surface area contributed by atoms with Gasteiger partial charge in [-0.25, -0.2) is 4.98 Å². The van der Waals surface area contributed by atoms with Crippen LogP contribution in [-0.2, 0) is 11.8 Å². The number of aromatic nitrogens is 1. The molecule has 2 saturated heterocycles. The van der Waals surface area contributed by atoms with Gasteiger partial charge < -0.3 is 15.5 Å². The molecule has 35 heavy (non-hydrogen) atoms. The highest BCUT2D eigenvalue weighted by Gasteiger charge is 2.43. The summed E-state index contributed by atoms with van der Waals surface area (Å²) < 4.78 is 0. The second-order valence-corrected chi connectivity index (χ2v) is 11.1. The number of Topliss-reactive ketones (excluding diaryl/α,β-unsaturated/α-hetero) is 1. The van der Waals surface area contributed by atoms with E-state index in [1.54, 1.807) is 12.3 Å². The van der Waals surface area contributed by atoms with E-state index < -0.39 is 5.91 Å². The fraction of sp³-hybridized carbons (Fsp3) is 0.483. The molecule has 6 nitrogen and oxygen atoms in total. The molecule has 2 aliphatic carbocycles. The van der Waals surface area contributed by atoms with Crippen LogP contribution in [0.25, 0.3) is 5.57 Å². The number of nitrogens with two attached hydrogens (primary N) is 1. The Labute approximate surface area is 207 Å². The molecule has 0 bridgehead atoms. The van der Waals surface area contributed by atoms with Crippen molar-refractivity contribution in [2.45, 2.75) is 63.8 Å². The van der Waals surface area contributed by atoms with Gasteiger partial charge in [0.25, 0.3) is 0 Å². The summed E-state index contributed by atoms with van der Waals surface area (Å²) in [5, 5.41) is 0. The second kappa shape index (κ2) is 8.30. The van der Waals surface area contributed by atoms with Crippen molar-refractivity contribution in [2.24, 2.45) is 5.73 Å². The zero-order valence-electron chi connectivity index (χ0n) is 20.8. The topological polar surface area (TPSA) is 79.5 Å². The third-order valence-corrected chi connectivity index (χ3v) is 8.81. The van der Waals surface area contributed by atoms with E-state index >= 15 is 0 Å². The number of pyridine rings is 1. The molecule has 182 valence electrons. The normalized spacial score (nSPS) is 22.1. The van der Waals surface area contributed by atoms with Crippen LogP contribution in [0, 0.1) is 0 Å². The highest BCUT2D eigenvalue weighted by molar-refractivity contribution is 6.33. The summed E-state index contributed by atoms with van der Waals surface area (Å²) in [5.41, 5.74) is 11.3. The van der Waals surface area contributed by atoms with Gasteiger partial charge in [0.15, 0.2) is 5.78 Å². The van der Waals surface area contributed by atoms with E-state index in [0.717, 1.165) is 46.7 Å². The number of piperidine rings is 2. The molecule has 2 aliphatic heterocycles. The Balaban J connectivity index is 1.27. The number of hydrogen-bond donors (Lipinski definition) is 1. The van der Waals surface area contributed by atoms with Crippen LogP contribution in [0.15, 0.2) is 36.0 Å². The number of carbonyl (C=O) groups excluding carboxylic acids is 2. The van der Waals surface area contributed by atoms with Crippen LogP contribution in [0.1, 0.15) is 83.4 Å². The Morgan fingerprint density at radius 3 is 2.49 bits per heavy atom. The standard InChI is InChI=1S/C29H34N4O2/c1-29(2)23-16-25(33-12-8-20(9-13-33)32-10-4-3-5-11-32)31-17-22(23)27(34)26-21-7-6-18(28(30)35)14-19(21)15-24(26)29/h6-7,14,16-17,20H,3-5,8-13,15H2,1-2H3,(H2,30,35). The molecule has 3 heterocycles. The monoisotopic (exact) mass is 470 g/mol. The first kappa shape index (κ1) is 22.5. The average Bonchev–Trinajstić information content (AvgIpc) is 3.28. The molecule has 6 rings (SSSR count). The summed E-state index contributed by atoms with van der Waals surface area (Å²) in [4.78, 5) is 35.2. The predicted molar refractivity (Wildman–Crippen MR) is 138 cm³/mol. The molecule has 2 aromatic rings. The lowest BCUT2D eigenvalue weighted by Gasteiger charge is -2.41. The molecule has 0 spiro atoms. The highest BCUT2D eigenvalue weighted by atomic mass is 16.1. The largest absolute Gasteiger partial charge is 0.366 e. The fourth-order valence-corrected chi connectivity index (χ4v) is 6.73. The predicted octanol–water partition coefficient (Wildman–Crippen LogP) is 4.12. The maximum atomic E-state index is 13.7. The number of fused-ring (bicyclic) bond motifs is 3. The van der Waals surface area contributed by atoms with Gasteiger partial charge in [0, 0.05) is 47.4 Å². The molecular formula is C29H34N4O2. The van der Waals surface area contributed by atoms with E-state index in [0.29, 0.717) is 23.6 Å². The number of anilines is 1. The van der Waals surface area contributed by atoms with Crippen LogP contribution in [0.5, 0.6) is 0 Å². The summed E-state index contributed by atoms with van der Waals surface area (Å²) in [6.07, 6.45) is 8.86. The van der Waals surface area contributed by atoms with Gasteiger partial charge in [-0.2, -0.15) is 0 Å². The van der Waals surface area contributed by atoms with Crippen molar-refractivity contribution in [3.05, 3.63) is 63.9 Å². The Morgan fingerprint density at radius 2 is 1.77 bits per heavy atom. The average molecular weight is 471 g/mol. The van der Waals surface area contributed by atoms with E-state index in [1.165, 1.54) is 45.2 Å². The number of rotatable bonds is 3. The van der Waals surface area contributed by atoms with E-state index in [1.807, 2.05) is 12.1 Å². The highest BCUT2D eigenvalue weighted by Crippen LogP contribution is 2.50. The van der Waals surface area contributed by atoms with Crippen molar-refractivity contribution in [2.75, 3.05) is 31.1 Å². The minimum absolute atomic E-state index is 0.0442. The van der Waals surface area contributed by atoms with Crippen LogP contribution in [0.4, 0.5) is 5.82 Å². The Hall–Kier alpha value is -2.99. The smallest absolute Gasteiger partial charge is 0.248 e. The van der Waals surface area contributed by atoms with Crippen LogP contribution < -0.4 is 10.6 Å². The van der Waals surface area contributed by atoms with E-state index in [4.69, 9.17) is 10.7 Å². The third-order valence-electron chi connectivity index (χ3n) is 8.81. The van der Waals surface area contributed by atoms with Crippen molar-refractivity contribution < 1.29 is 9.59 Å². The summed E-state index contributed by atoms with van der Waals surface area (Å²) in [6.45, 7) is 8.94. The van der Waals surface area contributed by atoms with Crippen molar-refractivity contribution in [3.8, 4) is 0 Å². The number of hydrogen-bond acceptors (Lipinski definition) is 5. The van der Waals surface area contributed by atoms with Gasteiger partial charge in [-0.15, -0.1) is 0 Å². The van der Waals surface area contributed by atoms with Crippen molar-refractivity contribution >= 4 is 23.1 Å².